The van der Waals surface area contributed by atoms with Crippen LogP contribution in [0.1, 0.15) is 52.2 Å². The highest BCUT2D eigenvalue weighted by Gasteiger charge is 2.25. The van der Waals surface area contributed by atoms with Crippen LogP contribution in [0.15, 0.2) is 18.2 Å². The van der Waals surface area contributed by atoms with Crippen LogP contribution in [0.4, 0.5) is 5.69 Å². The van der Waals surface area contributed by atoms with E-state index in [9.17, 15) is 9.59 Å². The molecule has 1 fully saturated rings. The van der Waals surface area contributed by atoms with Crippen molar-refractivity contribution in [3.05, 3.63) is 29.3 Å². The van der Waals surface area contributed by atoms with Crippen molar-refractivity contribution in [2.75, 3.05) is 44.6 Å². The van der Waals surface area contributed by atoms with Crippen molar-refractivity contribution in [2.24, 2.45) is 0 Å². The summed E-state index contributed by atoms with van der Waals surface area (Å²) in [5.74, 6) is 0.196. The Morgan fingerprint density at radius 3 is 1.90 bits per heavy atom. The maximum Gasteiger partial charge on any atom is 0.279 e. The predicted molar refractivity (Wildman–Crippen MR) is 117 cm³/mol. The minimum atomic E-state index is -0.191. The first-order chi connectivity index (χ1) is 13.7. The topological polar surface area (TPSA) is 67.1 Å². The number of anilines is 1. The summed E-state index contributed by atoms with van der Waals surface area (Å²) >= 11 is 0. The molecule has 1 aromatic rings. The number of aryl methyl sites for hydroxylation is 2. The average molecular weight is 405 g/mol. The molecule has 1 aliphatic rings. The summed E-state index contributed by atoms with van der Waals surface area (Å²) < 4.78 is 0. The number of hydrogen-bond donors (Lipinski definition) is 4. The third-order valence-corrected chi connectivity index (χ3v) is 5.49. The molecule has 1 aliphatic heterocycles. The van der Waals surface area contributed by atoms with Gasteiger partial charge in [0.25, 0.3) is 11.8 Å². The number of nitrogens with one attached hydrogen (secondary N) is 4. The molecule has 0 saturated carbocycles. The lowest BCUT2D eigenvalue weighted by Crippen LogP contribution is -3.18. The van der Waals surface area contributed by atoms with Crippen LogP contribution < -0.4 is 20.4 Å². The predicted octanol–water partition coefficient (Wildman–Crippen LogP) is -0.162. The van der Waals surface area contributed by atoms with Crippen molar-refractivity contribution in [1.29, 1.82) is 0 Å². The van der Waals surface area contributed by atoms with E-state index in [0.717, 1.165) is 51.1 Å². The lowest BCUT2D eigenvalue weighted by Gasteiger charge is -2.22. The molecule has 162 valence electrons. The zero-order valence-electron chi connectivity index (χ0n) is 18.9. The van der Waals surface area contributed by atoms with Gasteiger partial charge in [-0.1, -0.05) is 32.0 Å². The molecule has 6 heteroatoms. The monoisotopic (exact) mass is 404 g/mol. The number of amides is 2. The fourth-order valence-corrected chi connectivity index (χ4v) is 4.05. The summed E-state index contributed by atoms with van der Waals surface area (Å²) in [5, 5.41) is 6.24. The third kappa shape index (κ3) is 7.78. The van der Waals surface area contributed by atoms with E-state index in [1.165, 1.54) is 20.9 Å². The average Bonchev–Trinajstić information content (AvgIpc) is 2.85. The Morgan fingerprint density at radius 2 is 1.41 bits per heavy atom. The van der Waals surface area contributed by atoms with Crippen LogP contribution in [0.2, 0.25) is 0 Å². The van der Waals surface area contributed by atoms with E-state index < -0.39 is 0 Å². The molecule has 2 amide bonds. The number of carbonyl (C=O) groups excluding carboxylic acids is 2. The molecule has 1 heterocycles. The van der Waals surface area contributed by atoms with Crippen LogP contribution in [0, 0.1) is 0 Å². The molecular weight excluding hydrogens is 364 g/mol. The van der Waals surface area contributed by atoms with Gasteiger partial charge in [-0.15, -0.1) is 0 Å². The molecule has 2 unspecified atom stereocenters. The van der Waals surface area contributed by atoms with Gasteiger partial charge >= 0.3 is 0 Å². The molecule has 0 spiro atoms. The van der Waals surface area contributed by atoms with Gasteiger partial charge in [0.15, 0.2) is 13.1 Å². The van der Waals surface area contributed by atoms with Crippen molar-refractivity contribution < 1.29 is 19.4 Å². The van der Waals surface area contributed by atoms with E-state index in [0.29, 0.717) is 13.1 Å². The minimum absolute atomic E-state index is 0.0875. The molecule has 6 nitrogen and oxygen atoms in total. The Kier molecular flexibility index (Phi) is 8.65. The van der Waals surface area contributed by atoms with Gasteiger partial charge in [-0.3, -0.25) is 9.59 Å². The number of quaternary nitrogens is 2. The van der Waals surface area contributed by atoms with Crippen LogP contribution in [0.3, 0.4) is 0 Å². The Morgan fingerprint density at radius 1 is 0.897 bits per heavy atom. The van der Waals surface area contributed by atoms with Crippen molar-refractivity contribution in [2.45, 2.75) is 59.4 Å². The first-order valence-electron chi connectivity index (χ1n) is 11.1. The Bertz CT molecular complexity index is 674. The second kappa shape index (κ2) is 10.7. The van der Waals surface area contributed by atoms with Crippen LogP contribution in [-0.4, -0.2) is 56.6 Å². The second-order valence-electron chi connectivity index (χ2n) is 9.21. The molecule has 2 atom stereocenters. The van der Waals surface area contributed by atoms with Gasteiger partial charge in [0.05, 0.1) is 13.1 Å². The number of rotatable bonds is 7. The fraction of sp³-hybridized carbons (Fsp3) is 0.652. The van der Waals surface area contributed by atoms with Gasteiger partial charge in [0.2, 0.25) is 0 Å². The van der Waals surface area contributed by atoms with Crippen LogP contribution in [0.5, 0.6) is 0 Å². The molecule has 1 saturated heterocycles. The Balaban J connectivity index is 1.87. The summed E-state index contributed by atoms with van der Waals surface area (Å²) in [7, 11) is 0. The lowest BCUT2D eigenvalue weighted by molar-refractivity contribution is -0.930. The number of carbonyl (C=O) groups is 2. The summed E-state index contributed by atoms with van der Waals surface area (Å²) in [6.45, 7) is 15.1. The van der Waals surface area contributed by atoms with Crippen molar-refractivity contribution in [3.8, 4) is 0 Å². The SMILES string of the molecule is CCc1cccc(CC)c1NC(=O)C[NH+]1CCC[NH+](CC(=O)NC(C)(C)C)CC1. The van der Waals surface area contributed by atoms with E-state index in [4.69, 9.17) is 0 Å². The van der Waals surface area contributed by atoms with E-state index in [-0.39, 0.29) is 17.4 Å². The molecule has 0 aromatic heterocycles. The zero-order valence-corrected chi connectivity index (χ0v) is 18.9. The molecule has 1 aromatic carbocycles. The molecule has 29 heavy (non-hydrogen) atoms. The van der Waals surface area contributed by atoms with Crippen molar-refractivity contribution in [3.63, 3.8) is 0 Å². The molecule has 0 aliphatic carbocycles. The normalized spacial score (nSPS) is 20.0. The van der Waals surface area contributed by atoms with Gasteiger partial charge in [-0.05, 0) is 44.7 Å². The highest BCUT2D eigenvalue weighted by Crippen LogP contribution is 2.22. The molecule has 0 bridgehead atoms. The highest BCUT2D eigenvalue weighted by atomic mass is 16.2. The fourth-order valence-electron chi connectivity index (χ4n) is 4.05. The van der Waals surface area contributed by atoms with E-state index >= 15 is 0 Å². The number of para-hydroxylation sites is 1. The third-order valence-electron chi connectivity index (χ3n) is 5.49. The van der Waals surface area contributed by atoms with Crippen molar-refractivity contribution in [1.82, 2.24) is 5.32 Å². The number of benzene rings is 1. The Hall–Kier alpha value is -1.92. The lowest BCUT2D eigenvalue weighted by atomic mass is 10.0. The zero-order chi connectivity index (χ0) is 21.4. The van der Waals surface area contributed by atoms with Gasteiger partial charge in [0, 0.05) is 17.6 Å². The minimum Gasteiger partial charge on any atom is -0.347 e. The number of hydrogen-bond acceptors (Lipinski definition) is 2. The Labute approximate surface area is 176 Å². The van der Waals surface area contributed by atoms with E-state index in [2.05, 4.69) is 42.7 Å². The van der Waals surface area contributed by atoms with Crippen LogP contribution in [-0.2, 0) is 22.4 Å². The van der Waals surface area contributed by atoms with Gasteiger partial charge in [-0.2, -0.15) is 0 Å². The molecule has 0 radical (unpaired) electrons. The maximum absolute atomic E-state index is 12.7. The van der Waals surface area contributed by atoms with E-state index in [1.54, 1.807) is 0 Å². The van der Waals surface area contributed by atoms with Crippen LogP contribution in [0.25, 0.3) is 0 Å². The van der Waals surface area contributed by atoms with Gasteiger partial charge in [0.1, 0.15) is 13.1 Å². The quantitative estimate of drug-likeness (QED) is 0.510. The first-order valence-corrected chi connectivity index (χ1v) is 11.1. The van der Waals surface area contributed by atoms with Crippen LogP contribution >= 0.6 is 0 Å². The standard InChI is InChI=1S/C23H38N4O2/c1-6-18-10-8-11-19(7-2)22(18)24-20(28)16-26-12-9-13-27(15-14-26)17-21(29)25-23(3,4)5/h8,10-11H,6-7,9,12-17H2,1-5H3,(H,24,28)(H,25,29)/p+2. The maximum atomic E-state index is 12.7. The second-order valence-corrected chi connectivity index (χ2v) is 9.21. The molecule has 2 rings (SSSR count). The molecular formula is C23H40N4O2+2. The van der Waals surface area contributed by atoms with Crippen molar-refractivity contribution >= 4 is 17.5 Å². The summed E-state index contributed by atoms with van der Waals surface area (Å²) in [4.78, 5) is 27.6. The van der Waals surface area contributed by atoms with E-state index in [1.807, 2.05) is 20.8 Å². The summed E-state index contributed by atoms with van der Waals surface area (Å²) in [6, 6.07) is 6.26. The highest BCUT2D eigenvalue weighted by molar-refractivity contribution is 5.93. The largest absolute Gasteiger partial charge is 0.347 e. The molecule has 4 N–H and O–H groups in total. The smallest absolute Gasteiger partial charge is 0.279 e. The summed E-state index contributed by atoms with van der Waals surface area (Å²) in [6.07, 6.45) is 2.86. The van der Waals surface area contributed by atoms with Gasteiger partial charge in [-0.25, -0.2) is 0 Å². The summed E-state index contributed by atoms with van der Waals surface area (Å²) in [5.41, 5.74) is 3.21. The first kappa shape index (κ1) is 23.4. The van der Waals surface area contributed by atoms with Gasteiger partial charge < -0.3 is 20.4 Å².